The van der Waals surface area contributed by atoms with Crippen molar-refractivity contribution in [2.75, 3.05) is 0 Å². The van der Waals surface area contributed by atoms with E-state index in [0.29, 0.717) is 0 Å². The number of halogens is 1. The van der Waals surface area contributed by atoms with Crippen molar-refractivity contribution in [2.24, 2.45) is 0 Å². The van der Waals surface area contributed by atoms with Crippen LogP contribution in [0.3, 0.4) is 0 Å². The summed E-state index contributed by atoms with van der Waals surface area (Å²) in [6.07, 6.45) is 3.88. The van der Waals surface area contributed by atoms with Crippen molar-refractivity contribution in [1.29, 1.82) is 0 Å². The van der Waals surface area contributed by atoms with Crippen LogP contribution in [-0.4, -0.2) is 10.4 Å². The number of nitrogens with zero attached hydrogens (tertiary/aromatic N) is 1. The number of rotatable bonds is 2. The molecule has 1 heterocycles. The summed E-state index contributed by atoms with van der Waals surface area (Å²) >= 11 is 5.83. The van der Waals surface area contributed by atoms with Crippen LogP contribution in [0.1, 0.15) is 12.6 Å². The third-order valence-electron chi connectivity index (χ3n) is 2.15. The summed E-state index contributed by atoms with van der Waals surface area (Å²) in [6.45, 7) is 1.93. The van der Waals surface area contributed by atoms with E-state index in [1.165, 1.54) is 0 Å². The van der Waals surface area contributed by atoms with Crippen LogP contribution in [0, 0.1) is 0 Å². The molecule has 0 radical (unpaired) electrons. The van der Waals surface area contributed by atoms with Crippen molar-refractivity contribution < 1.29 is 0 Å². The molecule has 76 valence electrons. The highest BCUT2D eigenvalue weighted by Crippen LogP contribution is 2.12. The number of hydrogen-bond donors (Lipinski definition) is 0. The van der Waals surface area contributed by atoms with Gasteiger partial charge in [-0.05, 0) is 25.1 Å². The maximum Gasteiger partial charge on any atom is 0.0709 e. The van der Waals surface area contributed by atoms with Gasteiger partial charge in [-0.1, -0.05) is 30.3 Å². The van der Waals surface area contributed by atoms with Crippen LogP contribution in [0.15, 0.2) is 42.5 Å². The summed E-state index contributed by atoms with van der Waals surface area (Å²) in [6, 6.07) is 12.1. The lowest BCUT2D eigenvalue weighted by molar-refractivity contribution is 1.23. The lowest BCUT2D eigenvalue weighted by atomic mass is 10.2. The SMILES string of the molecule is CC(Cl)/C=C/c1ccc2ccccc2n1. The average molecular weight is 218 g/mol. The molecule has 0 saturated heterocycles. The second-order valence-corrected chi connectivity index (χ2v) is 4.15. The molecule has 1 unspecified atom stereocenters. The molecule has 1 aromatic heterocycles. The Balaban J connectivity index is 2.39. The number of aromatic nitrogens is 1. The van der Waals surface area contributed by atoms with Gasteiger partial charge in [0, 0.05) is 10.8 Å². The molecule has 0 aliphatic carbocycles. The molecule has 0 amide bonds. The molecule has 0 spiro atoms. The number of para-hydroxylation sites is 1. The number of alkyl halides is 1. The molecule has 0 bridgehead atoms. The van der Waals surface area contributed by atoms with Crippen molar-refractivity contribution >= 4 is 28.6 Å². The van der Waals surface area contributed by atoms with Crippen LogP contribution in [0.25, 0.3) is 17.0 Å². The third-order valence-corrected chi connectivity index (χ3v) is 2.30. The minimum Gasteiger partial charge on any atom is -0.248 e. The predicted molar refractivity (Wildman–Crippen MR) is 66.1 cm³/mol. The highest BCUT2D eigenvalue weighted by atomic mass is 35.5. The van der Waals surface area contributed by atoms with Gasteiger partial charge in [-0.3, -0.25) is 0 Å². The number of benzene rings is 1. The topological polar surface area (TPSA) is 12.9 Å². The van der Waals surface area contributed by atoms with Gasteiger partial charge in [-0.2, -0.15) is 0 Å². The number of hydrogen-bond acceptors (Lipinski definition) is 1. The molecule has 15 heavy (non-hydrogen) atoms. The Morgan fingerprint density at radius 3 is 2.80 bits per heavy atom. The van der Waals surface area contributed by atoms with Crippen molar-refractivity contribution in [3.63, 3.8) is 0 Å². The summed E-state index contributed by atoms with van der Waals surface area (Å²) in [5.74, 6) is 0. The first-order chi connectivity index (χ1) is 7.25. The van der Waals surface area contributed by atoms with Crippen LogP contribution < -0.4 is 0 Å². The van der Waals surface area contributed by atoms with E-state index in [2.05, 4.69) is 17.1 Å². The van der Waals surface area contributed by atoms with E-state index in [1.807, 2.05) is 43.3 Å². The molecule has 2 rings (SSSR count). The number of allylic oxidation sites excluding steroid dienone is 1. The van der Waals surface area contributed by atoms with Gasteiger partial charge in [0.25, 0.3) is 0 Å². The first kappa shape index (κ1) is 10.2. The highest BCUT2D eigenvalue weighted by molar-refractivity contribution is 6.21. The lowest BCUT2D eigenvalue weighted by Crippen LogP contribution is -1.85. The minimum absolute atomic E-state index is 0.0401. The maximum atomic E-state index is 5.83. The predicted octanol–water partition coefficient (Wildman–Crippen LogP) is 3.88. The Morgan fingerprint density at radius 1 is 1.20 bits per heavy atom. The van der Waals surface area contributed by atoms with Crippen LogP contribution in [0.5, 0.6) is 0 Å². The third kappa shape index (κ3) is 2.57. The summed E-state index contributed by atoms with van der Waals surface area (Å²) in [4.78, 5) is 4.50. The smallest absolute Gasteiger partial charge is 0.0709 e. The van der Waals surface area contributed by atoms with Crippen LogP contribution in [0.2, 0.25) is 0 Å². The van der Waals surface area contributed by atoms with Gasteiger partial charge in [0.1, 0.15) is 0 Å². The van der Waals surface area contributed by atoms with E-state index < -0.39 is 0 Å². The van der Waals surface area contributed by atoms with E-state index >= 15 is 0 Å². The molecule has 0 fully saturated rings. The monoisotopic (exact) mass is 217 g/mol. The fraction of sp³-hybridized carbons (Fsp3) is 0.154. The van der Waals surface area contributed by atoms with Gasteiger partial charge < -0.3 is 0 Å². The van der Waals surface area contributed by atoms with Crippen LogP contribution in [-0.2, 0) is 0 Å². The molecule has 1 nitrogen and oxygen atoms in total. The first-order valence-electron chi connectivity index (χ1n) is 4.94. The van der Waals surface area contributed by atoms with Gasteiger partial charge in [0.05, 0.1) is 11.2 Å². The van der Waals surface area contributed by atoms with Crippen LogP contribution in [0.4, 0.5) is 0 Å². The standard InChI is InChI=1S/C13H12ClN/c1-10(14)6-8-12-9-7-11-4-2-3-5-13(11)15-12/h2-10H,1H3/b8-6+. The van der Waals surface area contributed by atoms with Gasteiger partial charge in [0.2, 0.25) is 0 Å². The molecule has 0 saturated carbocycles. The van der Waals surface area contributed by atoms with Gasteiger partial charge in [-0.25, -0.2) is 4.98 Å². The molecule has 2 heteroatoms. The molecule has 1 aromatic carbocycles. The zero-order valence-corrected chi connectivity index (χ0v) is 9.28. The van der Waals surface area contributed by atoms with E-state index in [1.54, 1.807) is 0 Å². The molecular formula is C13H12ClN. The Morgan fingerprint density at radius 2 is 2.00 bits per heavy atom. The summed E-state index contributed by atoms with van der Waals surface area (Å²) in [5.41, 5.74) is 1.96. The highest BCUT2D eigenvalue weighted by Gasteiger charge is 1.94. The maximum absolute atomic E-state index is 5.83. The Bertz CT molecular complexity index is 489. The van der Waals surface area contributed by atoms with Crippen molar-refractivity contribution in [2.45, 2.75) is 12.3 Å². The lowest BCUT2D eigenvalue weighted by Gasteiger charge is -1.98. The summed E-state index contributed by atoms with van der Waals surface area (Å²) in [7, 11) is 0. The molecule has 0 aliphatic rings. The van der Waals surface area contributed by atoms with Gasteiger partial charge in [-0.15, -0.1) is 11.6 Å². The van der Waals surface area contributed by atoms with Crippen molar-refractivity contribution in [1.82, 2.24) is 4.98 Å². The molecule has 2 aromatic rings. The Kier molecular flexibility index (Phi) is 3.02. The largest absolute Gasteiger partial charge is 0.248 e. The van der Waals surface area contributed by atoms with E-state index in [-0.39, 0.29) is 5.38 Å². The first-order valence-corrected chi connectivity index (χ1v) is 5.37. The fourth-order valence-corrected chi connectivity index (χ4v) is 1.48. The summed E-state index contributed by atoms with van der Waals surface area (Å²) < 4.78 is 0. The van der Waals surface area contributed by atoms with E-state index in [4.69, 9.17) is 11.6 Å². The van der Waals surface area contributed by atoms with E-state index in [9.17, 15) is 0 Å². The molecule has 0 aliphatic heterocycles. The molecular weight excluding hydrogens is 206 g/mol. The number of fused-ring (bicyclic) bond motifs is 1. The van der Waals surface area contributed by atoms with Crippen molar-refractivity contribution in [3.8, 4) is 0 Å². The van der Waals surface area contributed by atoms with Gasteiger partial charge >= 0.3 is 0 Å². The zero-order valence-electron chi connectivity index (χ0n) is 8.52. The quantitative estimate of drug-likeness (QED) is 0.696. The average Bonchev–Trinajstić information content (AvgIpc) is 2.26. The normalized spacial score (nSPS) is 13.5. The Hall–Kier alpha value is -1.34. The van der Waals surface area contributed by atoms with Crippen LogP contribution >= 0.6 is 11.6 Å². The fourth-order valence-electron chi connectivity index (χ4n) is 1.41. The summed E-state index contributed by atoms with van der Waals surface area (Å²) in [5, 5.41) is 1.20. The molecule has 1 atom stereocenters. The molecule has 0 N–H and O–H groups in total. The zero-order chi connectivity index (χ0) is 10.7. The number of pyridine rings is 1. The van der Waals surface area contributed by atoms with Crippen molar-refractivity contribution in [3.05, 3.63) is 48.2 Å². The van der Waals surface area contributed by atoms with Gasteiger partial charge in [0.15, 0.2) is 0 Å². The second kappa shape index (κ2) is 4.45. The second-order valence-electron chi connectivity index (χ2n) is 3.47. The van der Waals surface area contributed by atoms with E-state index in [0.717, 1.165) is 16.6 Å². The Labute approximate surface area is 94.4 Å². The minimum atomic E-state index is 0.0401.